The number of benzene rings is 2. The van der Waals surface area contributed by atoms with Crippen LogP contribution in [0, 0.1) is 6.92 Å². The Morgan fingerprint density at radius 3 is 2.64 bits per heavy atom. The molecule has 0 aliphatic rings. The van der Waals surface area contributed by atoms with Gasteiger partial charge in [-0.1, -0.05) is 64.3 Å². The van der Waals surface area contributed by atoms with Crippen molar-refractivity contribution in [3.05, 3.63) is 92.2 Å². The monoisotopic (exact) mass is 377 g/mol. The third-order valence-corrected chi connectivity index (χ3v) is 4.19. The average molecular weight is 377 g/mol. The third-order valence-electron chi connectivity index (χ3n) is 4.19. The van der Waals surface area contributed by atoms with E-state index in [2.05, 4.69) is 62.2 Å². The Kier molecular flexibility index (Phi) is 8.43. The fraction of sp³-hybridized carbons (Fsp3) is 0.300. The van der Waals surface area contributed by atoms with Gasteiger partial charge in [-0.05, 0) is 48.3 Å². The molecule has 0 amide bonds. The second kappa shape index (κ2) is 11.3. The van der Waals surface area contributed by atoms with Crippen molar-refractivity contribution in [3.8, 4) is 5.75 Å². The fourth-order valence-corrected chi connectivity index (χ4v) is 2.81. The summed E-state index contributed by atoms with van der Waals surface area (Å²) in [6, 6.07) is 15.6. The average Bonchev–Trinajstić information content (AvgIpc) is 2.69. The Balaban J connectivity index is 2.12. The molecular weight excluding hydrogens is 354 g/mol. The Morgan fingerprint density at radius 2 is 1.89 bits per heavy atom. The lowest BCUT2D eigenvalue weighted by molar-refractivity contribution is 0.275. The molecule has 1 atom stereocenters. The van der Waals surface area contributed by atoms with Crippen LogP contribution in [0.15, 0.2) is 64.8 Å². The second-order valence-electron chi connectivity index (χ2n) is 6.26. The molecule has 0 aliphatic heterocycles. The number of rotatable bonds is 10. The van der Waals surface area contributed by atoms with Gasteiger partial charge in [0.05, 0.1) is 0 Å². The molecular formula is C20H23N7O. The van der Waals surface area contributed by atoms with Crippen LogP contribution in [0.25, 0.3) is 27.0 Å². The van der Waals surface area contributed by atoms with Crippen molar-refractivity contribution in [2.45, 2.75) is 13.0 Å². The minimum atomic E-state index is -0.110. The van der Waals surface area contributed by atoms with Gasteiger partial charge in [0.25, 0.3) is 0 Å². The van der Waals surface area contributed by atoms with Gasteiger partial charge >= 0.3 is 0 Å². The van der Waals surface area contributed by atoms with Gasteiger partial charge in [0.2, 0.25) is 0 Å². The molecule has 2 aromatic rings. The van der Waals surface area contributed by atoms with Gasteiger partial charge in [-0.2, -0.15) is 0 Å². The molecule has 0 spiro atoms. The summed E-state index contributed by atoms with van der Waals surface area (Å²) in [7, 11) is 1.98. The standard InChI is InChI=1S/C20H23N7O/c1-16-6-3-7-17(12-16)8-5-11-27(2)20(14-23-25-21)18-9-4-10-19(13-18)28-15-24-26-22/h3-10,12-13,20H,11,14-15H2,1-2H3/b8-5+/t20-/m0/s1. The highest BCUT2D eigenvalue weighted by atomic mass is 16.5. The van der Waals surface area contributed by atoms with E-state index in [1.54, 1.807) is 6.07 Å². The molecule has 0 aliphatic carbocycles. The number of hydrogen-bond donors (Lipinski definition) is 0. The zero-order valence-corrected chi connectivity index (χ0v) is 16.0. The van der Waals surface area contributed by atoms with Crippen molar-refractivity contribution in [1.29, 1.82) is 0 Å². The van der Waals surface area contributed by atoms with Crippen LogP contribution in [0.2, 0.25) is 0 Å². The van der Waals surface area contributed by atoms with Gasteiger partial charge in [-0.3, -0.25) is 4.90 Å². The van der Waals surface area contributed by atoms with Gasteiger partial charge in [0, 0.05) is 29.0 Å². The zero-order valence-electron chi connectivity index (χ0n) is 16.0. The van der Waals surface area contributed by atoms with E-state index in [4.69, 9.17) is 15.8 Å². The summed E-state index contributed by atoms with van der Waals surface area (Å²) >= 11 is 0. The maximum absolute atomic E-state index is 8.75. The van der Waals surface area contributed by atoms with Crippen molar-refractivity contribution in [1.82, 2.24) is 4.90 Å². The quantitative estimate of drug-likeness (QED) is 0.303. The van der Waals surface area contributed by atoms with E-state index in [9.17, 15) is 0 Å². The van der Waals surface area contributed by atoms with Crippen LogP contribution < -0.4 is 4.74 Å². The van der Waals surface area contributed by atoms with E-state index in [0.717, 1.165) is 11.1 Å². The van der Waals surface area contributed by atoms with Crippen molar-refractivity contribution < 1.29 is 4.74 Å². The lowest BCUT2D eigenvalue weighted by Crippen LogP contribution is -2.27. The van der Waals surface area contributed by atoms with Gasteiger partial charge in [-0.25, -0.2) is 0 Å². The van der Waals surface area contributed by atoms with E-state index >= 15 is 0 Å². The van der Waals surface area contributed by atoms with Gasteiger partial charge < -0.3 is 4.74 Å². The molecule has 0 bridgehead atoms. The molecule has 8 nitrogen and oxygen atoms in total. The van der Waals surface area contributed by atoms with Crippen molar-refractivity contribution in [3.63, 3.8) is 0 Å². The molecule has 0 fully saturated rings. The highest BCUT2D eigenvalue weighted by Gasteiger charge is 2.16. The Hall–Kier alpha value is -3.44. The first-order valence-corrected chi connectivity index (χ1v) is 8.82. The molecule has 0 heterocycles. The molecule has 0 radical (unpaired) electrons. The lowest BCUT2D eigenvalue weighted by atomic mass is 10.1. The third kappa shape index (κ3) is 6.70. The molecule has 8 heteroatoms. The number of aryl methyl sites for hydroxylation is 1. The molecule has 0 aromatic heterocycles. The summed E-state index contributed by atoms with van der Waals surface area (Å²) in [6.07, 6.45) is 4.16. The van der Waals surface area contributed by atoms with Crippen LogP contribution in [0.5, 0.6) is 5.75 Å². The molecule has 0 unspecified atom stereocenters. The summed E-state index contributed by atoms with van der Waals surface area (Å²) in [5.41, 5.74) is 20.4. The Morgan fingerprint density at radius 1 is 1.11 bits per heavy atom. The topological polar surface area (TPSA) is 110 Å². The summed E-state index contributed by atoms with van der Waals surface area (Å²) < 4.78 is 5.42. The van der Waals surface area contributed by atoms with E-state index < -0.39 is 0 Å². The predicted octanol–water partition coefficient (Wildman–Crippen LogP) is 5.64. The maximum atomic E-state index is 8.75. The minimum Gasteiger partial charge on any atom is -0.488 e. The maximum Gasteiger partial charge on any atom is 0.167 e. The second-order valence-corrected chi connectivity index (χ2v) is 6.26. The molecule has 2 aromatic carbocycles. The number of ether oxygens (including phenoxy) is 1. The van der Waals surface area contributed by atoms with Crippen LogP contribution in [0.3, 0.4) is 0 Å². The van der Waals surface area contributed by atoms with Gasteiger partial charge in [0.15, 0.2) is 6.73 Å². The van der Waals surface area contributed by atoms with E-state index in [1.807, 2.05) is 31.3 Å². The normalized spacial score (nSPS) is 11.7. The highest BCUT2D eigenvalue weighted by Crippen LogP contribution is 2.24. The van der Waals surface area contributed by atoms with Crippen LogP contribution in [-0.2, 0) is 0 Å². The van der Waals surface area contributed by atoms with Crippen LogP contribution >= 0.6 is 0 Å². The van der Waals surface area contributed by atoms with E-state index in [0.29, 0.717) is 18.8 Å². The SMILES string of the molecule is Cc1cccc(/C=C/CN(C)[C@@H](CN=[N+]=[N-])c2cccc(OCN=[N+]=[N-])c2)c1. The van der Waals surface area contributed by atoms with E-state index in [-0.39, 0.29) is 12.8 Å². The summed E-state index contributed by atoms with van der Waals surface area (Å²) in [4.78, 5) is 7.67. The highest BCUT2D eigenvalue weighted by molar-refractivity contribution is 5.50. The zero-order chi connectivity index (χ0) is 20.2. The fourth-order valence-electron chi connectivity index (χ4n) is 2.81. The largest absolute Gasteiger partial charge is 0.488 e. The van der Waals surface area contributed by atoms with Gasteiger partial charge in [0.1, 0.15) is 5.75 Å². The molecule has 2 rings (SSSR count). The lowest BCUT2D eigenvalue weighted by Gasteiger charge is -2.26. The number of hydrogen-bond acceptors (Lipinski definition) is 4. The number of likely N-dealkylation sites (N-methyl/N-ethyl adjacent to an activating group) is 1. The van der Waals surface area contributed by atoms with Gasteiger partial charge in [-0.15, -0.1) is 0 Å². The summed E-state index contributed by atoms with van der Waals surface area (Å²) in [5, 5.41) is 7.13. The van der Waals surface area contributed by atoms with Crippen LogP contribution in [0.1, 0.15) is 22.7 Å². The first-order chi connectivity index (χ1) is 13.6. The molecule has 0 N–H and O–H groups in total. The Bertz CT molecular complexity index is 899. The minimum absolute atomic E-state index is 0.0734. The van der Waals surface area contributed by atoms with E-state index in [1.165, 1.54) is 5.56 Å². The Labute approximate surface area is 164 Å². The van der Waals surface area contributed by atoms with Crippen molar-refractivity contribution in [2.24, 2.45) is 10.2 Å². The number of nitrogens with zero attached hydrogens (tertiary/aromatic N) is 7. The van der Waals surface area contributed by atoms with Crippen LogP contribution in [0.4, 0.5) is 0 Å². The van der Waals surface area contributed by atoms with Crippen molar-refractivity contribution >= 4 is 6.08 Å². The molecule has 0 saturated heterocycles. The summed E-state index contributed by atoms with van der Waals surface area (Å²) in [6.45, 7) is 2.97. The first-order valence-electron chi connectivity index (χ1n) is 8.82. The van der Waals surface area contributed by atoms with Crippen molar-refractivity contribution in [2.75, 3.05) is 26.9 Å². The molecule has 0 saturated carbocycles. The summed E-state index contributed by atoms with van der Waals surface area (Å²) in [5.74, 6) is 0.597. The molecule has 28 heavy (non-hydrogen) atoms. The predicted molar refractivity (Wildman–Crippen MR) is 111 cm³/mol. The number of azide groups is 2. The first kappa shape index (κ1) is 20.9. The van der Waals surface area contributed by atoms with Crippen LogP contribution in [-0.4, -0.2) is 31.8 Å². The molecule has 144 valence electrons. The smallest absolute Gasteiger partial charge is 0.167 e.